The lowest BCUT2D eigenvalue weighted by Crippen LogP contribution is -2.42. The first-order valence-electron chi connectivity index (χ1n) is 10.5. The molecule has 0 radical (unpaired) electrons. The second-order valence-electron chi connectivity index (χ2n) is 7.81. The number of thioether (sulfide) groups is 1. The zero-order chi connectivity index (χ0) is 22.7. The standard InChI is InChI=1S/C22H25N3O5S2/c1-2-10-24(16-9-12-32(28,29)15-16)20(26)14-31-22-23-19-8-4-3-7-18(19)21(27)25(22)13-17-6-5-11-30-17/h3-8,11,16H,2,9-10,12-15H2,1H3/t16-/m1/s1. The van der Waals surface area contributed by atoms with Crippen molar-refractivity contribution in [1.29, 1.82) is 0 Å². The van der Waals surface area contributed by atoms with Crippen LogP contribution >= 0.6 is 11.8 Å². The van der Waals surface area contributed by atoms with Gasteiger partial charge in [-0.05, 0) is 37.1 Å². The van der Waals surface area contributed by atoms with Gasteiger partial charge in [-0.2, -0.15) is 0 Å². The molecular weight excluding hydrogens is 450 g/mol. The van der Waals surface area contributed by atoms with Crippen LogP contribution in [0.5, 0.6) is 0 Å². The molecule has 0 spiro atoms. The van der Waals surface area contributed by atoms with Crippen LogP contribution in [0, 0.1) is 0 Å². The van der Waals surface area contributed by atoms with Gasteiger partial charge in [-0.25, -0.2) is 13.4 Å². The maximum atomic E-state index is 13.1. The number of hydrogen-bond donors (Lipinski definition) is 0. The molecule has 0 unspecified atom stereocenters. The smallest absolute Gasteiger partial charge is 0.262 e. The third-order valence-corrected chi connectivity index (χ3v) is 8.19. The van der Waals surface area contributed by atoms with Crippen molar-refractivity contribution in [2.45, 2.75) is 37.5 Å². The number of carbonyl (C=O) groups excluding carboxylic acids is 1. The molecule has 0 bridgehead atoms. The minimum absolute atomic E-state index is 0.0147. The maximum Gasteiger partial charge on any atom is 0.262 e. The lowest BCUT2D eigenvalue weighted by molar-refractivity contribution is -0.130. The van der Waals surface area contributed by atoms with Crippen LogP contribution in [0.3, 0.4) is 0 Å². The normalized spacial score (nSPS) is 17.6. The van der Waals surface area contributed by atoms with E-state index >= 15 is 0 Å². The van der Waals surface area contributed by atoms with Crippen LogP contribution in [0.1, 0.15) is 25.5 Å². The van der Waals surface area contributed by atoms with Gasteiger partial charge < -0.3 is 9.32 Å². The van der Waals surface area contributed by atoms with E-state index in [2.05, 4.69) is 4.98 Å². The van der Waals surface area contributed by atoms with Gasteiger partial charge in [0.15, 0.2) is 15.0 Å². The number of benzene rings is 1. The first-order valence-corrected chi connectivity index (χ1v) is 13.3. The molecule has 1 aliphatic rings. The predicted molar refractivity (Wildman–Crippen MR) is 124 cm³/mol. The fraction of sp³-hybridized carbons (Fsp3) is 0.409. The number of nitrogens with zero attached hydrogens (tertiary/aromatic N) is 3. The molecule has 32 heavy (non-hydrogen) atoms. The van der Waals surface area contributed by atoms with Crippen LogP contribution in [-0.4, -0.2) is 58.6 Å². The highest BCUT2D eigenvalue weighted by Gasteiger charge is 2.34. The Morgan fingerprint density at radius 1 is 1.28 bits per heavy atom. The Labute approximate surface area is 190 Å². The zero-order valence-corrected chi connectivity index (χ0v) is 19.4. The minimum Gasteiger partial charge on any atom is -0.467 e. The molecule has 8 nitrogen and oxygen atoms in total. The van der Waals surface area contributed by atoms with E-state index in [0.29, 0.717) is 34.8 Å². The molecule has 0 aliphatic carbocycles. The Morgan fingerprint density at radius 3 is 2.78 bits per heavy atom. The summed E-state index contributed by atoms with van der Waals surface area (Å²) in [5.41, 5.74) is 0.365. The number of fused-ring (bicyclic) bond motifs is 1. The second kappa shape index (κ2) is 9.50. The summed E-state index contributed by atoms with van der Waals surface area (Å²) in [4.78, 5) is 32.5. The van der Waals surface area contributed by atoms with E-state index in [0.717, 1.165) is 6.42 Å². The van der Waals surface area contributed by atoms with Crippen molar-refractivity contribution in [3.05, 3.63) is 58.8 Å². The lowest BCUT2D eigenvalue weighted by Gasteiger charge is -2.28. The van der Waals surface area contributed by atoms with Gasteiger partial charge in [0.25, 0.3) is 5.56 Å². The minimum atomic E-state index is -3.09. The van der Waals surface area contributed by atoms with Crippen molar-refractivity contribution in [2.24, 2.45) is 0 Å². The summed E-state index contributed by atoms with van der Waals surface area (Å²) in [7, 11) is -3.09. The highest BCUT2D eigenvalue weighted by molar-refractivity contribution is 7.99. The summed E-state index contributed by atoms with van der Waals surface area (Å²) in [6.45, 7) is 2.67. The topological polar surface area (TPSA) is 102 Å². The first kappa shape index (κ1) is 22.6. The average Bonchev–Trinajstić information content (AvgIpc) is 3.41. The van der Waals surface area contributed by atoms with E-state index in [-0.39, 0.29) is 41.3 Å². The van der Waals surface area contributed by atoms with E-state index in [1.54, 1.807) is 41.5 Å². The molecule has 2 aromatic heterocycles. The summed E-state index contributed by atoms with van der Waals surface area (Å²) in [6, 6.07) is 10.3. The highest BCUT2D eigenvalue weighted by atomic mass is 32.2. The molecule has 1 aromatic carbocycles. The van der Waals surface area contributed by atoms with Crippen molar-refractivity contribution in [2.75, 3.05) is 23.8 Å². The van der Waals surface area contributed by atoms with Gasteiger partial charge in [-0.1, -0.05) is 30.8 Å². The Morgan fingerprint density at radius 2 is 2.09 bits per heavy atom. The molecule has 1 amide bonds. The van der Waals surface area contributed by atoms with Crippen molar-refractivity contribution >= 4 is 38.4 Å². The molecule has 170 valence electrons. The average molecular weight is 476 g/mol. The van der Waals surface area contributed by atoms with Gasteiger partial charge in [-0.3, -0.25) is 14.2 Å². The SMILES string of the molecule is CCCN(C(=O)CSc1nc2ccccc2c(=O)n1Cc1ccco1)[C@@H]1CCS(=O)(=O)C1. The van der Waals surface area contributed by atoms with Gasteiger partial charge in [0.2, 0.25) is 5.91 Å². The van der Waals surface area contributed by atoms with Gasteiger partial charge in [0.05, 0.1) is 41.0 Å². The molecule has 1 fully saturated rings. The van der Waals surface area contributed by atoms with E-state index < -0.39 is 9.84 Å². The number of aromatic nitrogens is 2. The summed E-state index contributed by atoms with van der Waals surface area (Å²) in [5, 5.41) is 0.924. The predicted octanol–water partition coefficient (Wildman–Crippen LogP) is 2.56. The van der Waals surface area contributed by atoms with Crippen molar-refractivity contribution in [3.63, 3.8) is 0 Å². The van der Waals surface area contributed by atoms with Gasteiger partial charge in [-0.15, -0.1) is 0 Å². The van der Waals surface area contributed by atoms with E-state index in [4.69, 9.17) is 4.42 Å². The monoisotopic (exact) mass is 475 g/mol. The molecule has 3 heterocycles. The molecular formula is C22H25N3O5S2. The number of para-hydroxylation sites is 1. The summed E-state index contributed by atoms with van der Waals surface area (Å²) < 4.78 is 30.7. The lowest BCUT2D eigenvalue weighted by atomic mass is 10.2. The summed E-state index contributed by atoms with van der Waals surface area (Å²) >= 11 is 1.19. The Bertz CT molecular complexity index is 1270. The molecule has 0 N–H and O–H groups in total. The second-order valence-corrected chi connectivity index (χ2v) is 11.0. The van der Waals surface area contributed by atoms with E-state index in [9.17, 15) is 18.0 Å². The molecule has 1 saturated heterocycles. The summed E-state index contributed by atoms with van der Waals surface area (Å²) in [5.74, 6) is 0.667. The van der Waals surface area contributed by atoms with Crippen LogP contribution in [0.4, 0.5) is 0 Å². The van der Waals surface area contributed by atoms with Crippen LogP contribution < -0.4 is 5.56 Å². The maximum absolute atomic E-state index is 13.1. The quantitative estimate of drug-likeness (QED) is 0.364. The number of hydrogen-bond acceptors (Lipinski definition) is 7. The van der Waals surface area contributed by atoms with Crippen LogP contribution in [0.2, 0.25) is 0 Å². The van der Waals surface area contributed by atoms with Crippen molar-refractivity contribution in [3.8, 4) is 0 Å². The van der Waals surface area contributed by atoms with Gasteiger partial charge in [0, 0.05) is 12.6 Å². The number of carbonyl (C=O) groups is 1. The zero-order valence-electron chi connectivity index (χ0n) is 17.8. The van der Waals surface area contributed by atoms with E-state index in [1.165, 1.54) is 16.3 Å². The molecule has 4 rings (SSSR count). The van der Waals surface area contributed by atoms with Crippen molar-refractivity contribution in [1.82, 2.24) is 14.5 Å². The Hall–Kier alpha value is -2.59. The molecule has 1 aliphatic heterocycles. The van der Waals surface area contributed by atoms with Crippen LogP contribution in [-0.2, 0) is 21.2 Å². The third kappa shape index (κ3) is 4.91. The van der Waals surface area contributed by atoms with Crippen molar-refractivity contribution < 1.29 is 17.6 Å². The number of sulfone groups is 1. The highest BCUT2D eigenvalue weighted by Crippen LogP contribution is 2.23. The third-order valence-electron chi connectivity index (χ3n) is 5.48. The van der Waals surface area contributed by atoms with Crippen LogP contribution in [0.25, 0.3) is 10.9 Å². The van der Waals surface area contributed by atoms with Crippen LogP contribution in [0.15, 0.2) is 57.0 Å². The van der Waals surface area contributed by atoms with Gasteiger partial charge in [0.1, 0.15) is 5.76 Å². The fourth-order valence-corrected chi connectivity index (χ4v) is 6.55. The number of amides is 1. The molecule has 0 saturated carbocycles. The fourth-order valence-electron chi connectivity index (χ4n) is 3.94. The Kier molecular flexibility index (Phi) is 6.71. The number of rotatable bonds is 8. The number of furan rings is 1. The summed E-state index contributed by atoms with van der Waals surface area (Å²) in [6.07, 6.45) is 2.75. The largest absolute Gasteiger partial charge is 0.467 e. The molecule has 3 aromatic rings. The van der Waals surface area contributed by atoms with Gasteiger partial charge >= 0.3 is 0 Å². The van der Waals surface area contributed by atoms with E-state index in [1.807, 2.05) is 13.0 Å². The molecule has 1 atom stereocenters. The first-order chi connectivity index (χ1) is 15.4. The Balaban J connectivity index is 1.60. The molecule has 10 heteroatoms.